The van der Waals surface area contributed by atoms with Crippen LogP contribution in [0.1, 0.15) is 5.56 Å². The Morgan fingerprint density at radius 3 is 2.52 bits per heavy atom. The number of hydrogen-bond acceptors (Lipinski definition) is 5. The topological polar surface area (TPSA) is 49.3 Å². The predicted octanol–water partition coefficient (Wildman–Crippen LogP) is 3.37. The Kier molecular flexibility index (Phi) is 6.39. The highest BCUT2D eigenvalue weighted by Crippen LogP contribution is 2.25. The van der Waals surface area contributed by atoms with E-state index >= 15 is 0 Å². The molecule has 1 aromatic heterocycles. The van der Waals surface area contributed by atoms with Crippen LogP contribution in [0.3, 0.4) is 0 Å². The summed E-state index contributed by atoms with van der Waals surface area (Å²) in [5.41, 5.74) is 0.995. The third-order valence-corrected chi connectivity index (χ3v) is 5.52. The van der Waals surface area contributed by atoms with Gasteiger partial charge in [0.2, 0.25) is 11.9 Å². The lowest BCUT2D eigenvalue weighted by molar-refractivity contribution is -0.128. The van der Waals surface area contributed by atoms with Gasteiger partial charge in [0, 0.05) is 54.4 Å². The molecule has 0 radical (unpaired) electrons. The summed E-state index contributed by atoms with van der Waals surface area (Å²) in [6.07, 6.45) is 3.47. The average molecular weight is 397 g/mol. The van der Waals surface area contributed by atoms with E-state index in [1.165, 1.54) is 0 Å². The van der Waals surface area contributed by atoms with Crippen LogP contribution in [-0.2, 0) is 10.5 Å². The van der Waals surface area contributed by atoms with E-state index < -0.39 is 0 Å². The summed E-state index contributed by atoms with van der Waals surface area (Å²) in [4.78, 5) is 24.9. The Morgan fingerprint density at radius 2 is 1.84 bits per heavy atom. The van der Waals surface area contributed by atoms with Crippen molar-refractivity contribution in [2.45, 2.75) is 5.75 Å². The number of aromatic nitrogens is 2. The molecule has 1 aromatic carbocycles. The van der Waals surface area contributed by atoms with Crippen LogP contribution < -0.4 is 4.90 Å². The van der Waals surface area contributed by atoms with E-state index in [-0.39, 0.29) is 5.91 Å². The maximum absolute atomic E-state index is 12.4. The highest BCUT2D eigenvalue weighted by atomic mass is 35.5. The molecule has 1 amide bonds. The predicted molar refractivity (Wildman–Crippen MR) is 103 cm³/mol. The highest BCUT2D eigenvalue weighted by molar-refractivity contribution is 7.99. The third kappa shape index (κ3) is 5.00. The molecule has 25 heavy (non-hydrogen) atoms. The summed E-state index contributed by atoms with van der Waals surface area (Å²) in [6.45, 7) is 2.89. The van der Waals surface area contributed by atoms with E-state index in [2.05, 4.69) is 14.9 Å². The molecular weight excluding hydrogens is 379 g/mol. The van der Waals surface area contributed by atoms with Gasteiger partial charge in [-0.1, -0.05) is 29.3 Å². The molecule has 1 aliphatic heterocycles. The monoisotopic (exact) mass is 396 g/mol. The number of halogens is 2. The standard InChI is InChI=1S/C17H18Cl2N4OS/c18-14-3-2-13(15(19)10-14)11-25-12-16(24)22-6-8-23(9-7-22)17-20-4-1-5-21-17/h1-5,10H,6-9,11-12H2. The molecule has 0 aliphatic carbocycles. The SMILES string of the molecule is O=C(CSCc1ccc(Cl)cc1Cl)N1CCN(c2ncccn2)CC1. The second kappa shape index (κ2) is 8.74. The fourth-order valence-electron chi connectivity index (χ4n) is 2.59. The van der Waals surface area contributed by atoms with Gasteiger partial charge < -0.3 is 9.80 Å². The van der Waals surface area contributed by atoms with E-state index in [0.29, 0.717) is 34.6 Å². The number of piperazine rings is 1. The molecule has 2 heterocycles. The van der Waals surface area contributed by atoms with Crippen LogP contribution in [0.25, 0.3) is 0 Å². The molecule has 3 rings (SSSR count). The molecule has 132 valence electrons. The van der Waals surface area contributed by atoms with Gasteiger partial charge in [0.25, 0.3) is 0 Å². The molecule has 0 saturated carbocycles. The largest absolute Gasteiger partial charge is 0.338 e. The lowest BCUT2D eigenvalue weighted by atomic mass is 10.2. The van der Waals surface area contributed by atoms with Crippen LogP contribution >= 0.6 is 35.0 Å². The average Bonchev–Trinajstić information content (AvgIpc) is 2.64. The summed E-state index contributed by atoms with van der Waals surface area (Å²) in [7, 11) is 0. The number of hydrogen-bond donors (Lipinski definition) is 0. The normalized spacial score (nSPS) is 14.6. The van der Waals surface area contributed by atoms with Gasteiger partial charge in [-0.05, 0) is 23.8 Å². The van der Waals surface area contributed by atoms with Gasteiger partial charge >= 0.3 is 0 Å². The fraction of sp³-hybridized carbons (Fsp3) is 0.353. The number of amides is 1. The van der Waals surface area contributed by atoms with Crippen molar-refractivity contribution in [3.63, 3.8) is 0 Å². The third-order valence-electron chi connectivity index (χ3n) is 3.97. The van der Waals surface area contributed by atoms with Gasteiger partial charge in [-0.3, -0.25) is 4.79 Å². The molecule has 5 nitrogen and oxygen atoms in total. The summed E-state index contributed by atoms with van der Waals surface area (Å²) in [6, 6.07) is 7.25. The number of nitrogens with zero attached hydrogens (tertiary/aromatic N) is 4. The van der Waals surface area contributed by atoms with Crippen LogP contribution in [0.4, 0.5) is 5.95 Å². The minimum Gasteiger partial charge on any atom is -0.338 e. The summed E-state index contributed by atoms with van der Waals surface area (Å²) < 4.78 is 0. The maximum atomic E-state index is 12.4. The first-order valence-electron chi connectivity index (χ1n) is 7.95. The van der Waals surface area contributed by atoms with Gasteiger partial charge in [0.1, 0.15) is 0 Å². The van der Waals surface area contributed by atoms with E-state index in [4.69, 9.17) is 23.2 Å². The molecule has 0 atom stereocenters. The van der Waals surface area contributed by atoms with Crippen LogP contribution in [0.2, 0.25) is 10.0 Å². The zero-order valence-electron chi connectivity index (χ0n) is 13.6. The van der Waals surface area contributed by atoms with E-state index in [1.807, 2.05) is 17.0 Å². The summed E-state index contributed by atoms with van der Waals surface area (Å²) in [5, 5.41) is 1.26. The zero-order valence-corrected chi connectivity index (χ0v) is 15.9. The van der Waals surface area contributed by atoms with Gasteiger partial charge in [-0.25, -0.2) is 9.97 Å². The van der Waals surface area contributed by atoms with Gasteiger partial charge in [0.05, 0.1) is 5.75 Å². The minimum atomic E-state index is 0.156. The maximum Gasteiger partial charge on any atom is 0.232 e. The second-order valence-corrected chi connectivity index (χ2v) is 7.47. The molecule has 0 bridgehead atoms. The van der Waals surface area contributed by atoms with Gasteiger partial charge in [-0.2, -0.15) is 0 Å². The van der Waals surface area contributed by atoms with Gasteiger partial charge in [-0.15, -0.1) is 11.8 Å². The quantitative estimate of drug-likeness (QED) is 0.775. The number of benzene rings is 1. The molecular formula is C17H18Cl2N4OS. The number of rotatable bonds is 5. The highest BCUT2D eigenvalue weighted by Gasteiger charge is 2.22. The number of carbonyl (C=O) groups is 1. The molecule has 0 unspecified atom stereocenters. The van der Waals surface area contributed by atoms with E-state index in [9.17, 15) is 4.79 Å². The van der Waals surface area contributed by atoms with Crippen molar-refractivity contribution in [2.75, 3.05) is 36.8 Å². The Morgan fingerprint density at radius 1 is 1.12 bits per heavy atom. The molecule has 2 aromatic rings. The Hall–Kier alpha value is -1.50. The van der Waals surface area contributed by atoms with Crippen molar-refractivity contribution in [1.29, 1.82) is 0 Å². The first-order valence-corrected chi connectivity index (χ1v) is 9.86. The minimum absolute atomic E-state index is 0.156. The molecule has 1 aliphatic rings. The first-order chi connectivity index (χ1) is 12.1. The zero-order chi connectivity index (χ0) is 17.6. The van der Waals surface area contributed by atoms with E-state index in [0.717, 1.165) is 24.6 Å². The van der Waals surface area contributed by atoms with E-state index in [1.54, 1.807) is 36.3 Å². The summed E-state index contributed by atoms with van der Waals surface area (Å²) in [5.74, 6) is 2.02. The molecule has 1 saturated heterocycles. The van der Waals surface area contributed by atoms with Crippen molar-refractivity contribution < 1.29 is 4.79 Å². The first kappa shape index (κ1) is 18.3. The van der Waals surface area contributed by atoms with Gasteiger partial charge in [0.15, 0.2) is 0 Å². The molecule has 0 spiro atoms. The Bertz CT molecular complexity index is 724. The van der Waals surface area contributed by atoms with Crippen LogP contribution in [0.5, 0.6) is 0 Å². The van der Waals surface area contributed by atoms with Crippen molar-refractivity contribution >= 4 is 46.8 Å². The van der Waals surface area contributed by atoms with Crippen LogP contribution in [-0.4, -0.2) is 52.7 Å². The molecule has 8 heteroatoms. The lowest BCUT2D eigenvalue weighted by Crippen LogP contribution is -2.49. The van der Waals surface area contributed by atoms with Crippen LogP contribution in [0, 0.1) is 0 Å². The fourth-order valence-corrected chi connectivity index (χ4v) is 4.07. The van der Waals surface area contributed by atoms with Crippen molar-refractivity contribution in [3.8, 4) is 0 Å². The van der Waals surface area contributed by atoms with Crippen molar-refractivity contribution in [2.24, 2.45) is 0 Å². The Labute approximate surface area is 161 Å². The molecule has 0 N–H and O–H groups in total. The Balaban J connectivity index is 1.43. The van der Waals surface area contributed by atoms with Crippen molar-refractivity contribution in [1.82, 2.24) is 14.9 Å². The second-order valence-electron chi connectivity index (χ2n) is 5.65. The summed E-state index contributed by atoms with van der Waals surface area (Å²) >= 11 is 13.6. The van der Waals surface area contributed by atoms with Crippen LogP contribution in [0.15, 0.2) is 36.7 Å². The lowest BCUT2D eigenvalue weighted by Gasteiger charge is -2.34. The van der Waals surface area contributed by atoms with Crippen molar-refractivity contribution in [3.05, 3.63) is 52.3 Å². The number of carbonyl (C=O) groups excluding carboxylic acids is 1. The molecule has 1 fully saturated rings. The number of thioether (sulfide) groups is 1. The smallest absolute Gasteiger partial charge is 0.232 e. The number of anilines is 1.